The number of aromatic nitrogens is 1. The Labute approximate surface area is 131 Å². The Morgan fingerprint density at radius 2 is 2.00 bits per heavy atom. The molecule has 2 heterocycles. The maximum absolute atomic E-state index is 12.2. The fourth-order valence-corrected chi connectivity index (χ4v) is 3.05. The minimum Gasteiger partial charge on any atom is -0.349 e. The lowest BCUT2D eigenvalue weighted by atomic mass is 9.99. The first-order valence-electron chi connectivity index (χ1n) is 7.85. The Morgan fingerprint density at radius 1 is 1.23 bits per heavy atom. The van der Waals surface area contributed by atoms with Crippen LogP contribution in [-0.2, 0) is 20.0 Å². The number of benzene rings is 1. The van der Waals surface area contributed by atoms with Crippen LogP contribution in [0.3, 0.4) is 0 Å². The van der Waals surface area contributed by atoms with Gasteiger partial charge in [0.15, 0.2) is 0 Å². The molecule has 0 spiro atoms. The molecule has 22 heavy (non-hydrogen) atoms. The van der Waals surface area contributed by atoms with E-state index in [9.17, 15) is 4.79 Å². The maximum Gasteiger partial charge on any atom is 0.267 e. The minimum absolute atomic E-state index is 0.00300. The highest BCUT2D eigenvalue weighted by molar-refractivity contribution is 5.92. The van der Waals surface area contributed by atoms with E-state index in [0.717, 1.165) is 19.5 Å². The van der Waals surface area contributed by atoms with E-state index in [-0.39, 0.29) is 5.91 Å². The third kappa shape index (κ3) is 3.07. The predicted octanol–water partition coefficient (Wildman–Crippen LogP) is 2.20. The smallest absolute Gasteiger partial charge is 0.267 e. The van der Waals surface area contributed by atoms with Crippen molar-refractivity contribution in [1.82, 2.24) is 14.8 Å². The van der Waals surface area contributed by atoms with Crippen molar-refractivity contribution in [3.63, 3.8) is 0 Å². The predicted molar refractivity (Wildman–Crippen MR) is 87.8 cm³/mol. The summed E-state index contributed by atoms with van der Waals surface area (Å²) in [6.07, 6.45) is 2.98. The van der Waals surface area contributed by atoms with Crippen molar-refractivity contribution >= 4 is 5.91 Å². The van der Waals surface area contributed by atoms with Crippen LogP contribution in [-0.4, -0.2) is 34.5 Å². The monoisotopic (exact) mass is 297 g/mol. The second-order valence-corrected chi connectivity index (χ2v) is 6.05. The Kier molecular flexibility index (Phi) is 4.29. The van der Waals surface area contributed by atoms with Crippen LogP contribution in [0.25, 0.3) is 0 Å². The van der Waals surface area contributed by atoms with Crippen LogP contribution in [0.1, 0.15) is 28.5 Å². The van der Waals surface area contributed by atoms with Crippen LogP contribution >= 0.6 is 0 Å². The van der Waals surface area contributed by atoms with Crippen molar-refractivity contribution < 1.29 is 4.79 Å². The number of carbonyl (C=O) groups excluding carboxylic acids is 1. The van der Waals surface area contributed by atoms with E-state index in [1.54, 1.807) is 0 Å². The highest BCUT2D eigenvalue weighted by Crippen LogP contribution is 2.19. The van der Waals surface area contributed by atoms with Gasteiger partial charge in [0, 0.05) is 38.9 Å². The molecule has 1 aromatic heterocycles. The fraction of sp³-hybridized carbons (Fsp3) is 0.389. The van der Waals surface area contributed by atoms with E-state index in [1.807, 2.05) is 29.9 Å². The van der Waals surface area contributed by atoms with E-state index < -0.39 is 0 Å². The molecule has 1 aromatic carbocycles. The molecule has 0 fully saturated rings. The summed E-state index contributed by atoms with van der Waals surface area (Å²) < 4.78 is 1.84. The molecule has 116 valence electrons. The van der Waals surface area contributed by atoms with Gasteiger partial charge in [0.2, 0.25) is 0 Å². The van der Waals surface area contributed by atoms with Crippen LogP contribution in [0.2, 0.25) is 0 Å². The average Bonchev–Trinajstić information content (AvgIpc) is 2.98. The summed E-state index contributed by atoms with van der Waals surface area (Å²) in [5.74, 6) is -0.00300. The molecular weight excluding hydrogens is 274 g/mol. The summed E-state index contributed by atoms with van der Waals surface area (Å²) in [6.45, 7) is 4.88. The zero-order valence-corrected chi connectivity index (χ0v) is 13.2. The number of fused-ring (bicyclic) bond motifs is 1. The minimum atomic E-state index is -0.00300. The summed E-state index contributed by atoms with van der Waals surface area (Å²) in [5, 5.41) is 3.05. The molecule has 1 aliphatic rings. The molecule has 1 aliphatic heterocycles. The van der Waals surface area contributed by atoms with Gasteiger partial charge in [-0.2, -0.15) is 0 Å². The zero-order chi connectivity index (χ0) is 15.5. The lowest BCUT2D eigenvalue weighted by molar-refractivity contribution is 0.0924. The molecule has 4 heteroatoms. The van der Waals surface area contributed by atoms with Crippen molar-refractivity contribution in [3.05, 3.63) is 59.4 Å². The third-order valence-electron chi connectivity index (χ3n) is 4.52. The number of rotatable bonds is 4. The van der Waals surface area contributed by atoms with Gasteiger partial charge >= 0.3 is 0 Å². The van der Waals surface area contributed by atoms with Crippen molar-refractivity contribution in [2.75, 3.05) is 13.1 Å². The molecule has 3 rings (SSSR count). The Hall–Kier alpha value is -2.07. The number of nitrogens with one attached hydrogen (secondary N) is 1. The Balaban J connectivity index is 1.56. The molecular formula is C18H23N3O. The normalized spacial score (nSPS) is 16.1. The lowest BCUT2D eigenvalue weighted by Crippen LogP contribution is -2.44. The van der Waals surface area contributed by atoms with Crippen LogP contribution in [0.5, 0.6) is 0 Å². The van der Waals surface area contributed by atoms with Gasteiger partial charge in [0.25, 0.3) is 5.91 Å². The van der Waals surface area contributed by atoms with E-state index in [0.29, 0.717) is 18.3 Å². The molecule has 4 nitrogen and oxygen atoms in total. The number of carbonyl (C=O) groups is 1. The zero-order valence-electron chi connectivity index (χ0n) is 13.2. The standard InChI is InChI=1S/C18H23N3O/c1-14(12-19-18(22)17-8-5-10-20(17)2)21-11-9-15-6-3-4-7-16(15)13-21/h3-8,10,14H,9,11-13H2,1-2H3,(H,19,22). The van der Waals surface area contributed by atoms with Crippen LogP contribution in [0.15, 0.2) is 42.6 Å². The average molecular weight is 297 g/mol. The van der Waals surface area contributed by atoms with Gasteiger partial charge in [-0.1, -0.05) is 24.3 Å². The van der Waals surface area contributed by atoms with Crippen molar-refractivity contribution in [3.8, 4) is 0 Å². The molecule has 1 unspecified atom stereocenters. The second-order valence-electron chi connectivity index (χ2n) is 6.05. The number of hydrogen-bond donors (Lipinski definition) is 1. The molecule has 0 saturated carbocycles. The fourth-order valence-electron chi connectivity index (χ4n) is 3.05. The van der Waals surface area contributed by atoms with Crippen LogP contribution < -0.4 is 5.32 Å². The van der Waals surface area contributed by atoms with Crippen LogP contribution in [0.4, 0.5) is 0 Å². The molecule has 0 bridgehead atoms. The molecule has 1 amide bonds. The summed E-state index contributed by atoms with van der Waals surface area (Å²) in [6, 6.07) is 12.7. The third-order valence-corrected chi connectivity index (χ3v) is 4.52. The van der Waals surface area contributed by atoms with Crippen molar-refractivity contribution in [1.29, 1.82) is 0 Å². The number of nitrogens with zero attached hydrogens (tertiary/aromatic N) is 2. The van der Waals surface area contributed by atoms with E-state index in [2.05, 4.69) is 41.4 Å². The first-order valence-corrected chi connectivity index (χ1v) is 7.85. The largest absolute Gasteiger partial charge is 0.349 e. The highest BCUT2D eigenvalue weighted by atomic mass is 16.1. The summed E-state index contributed by atoms with van der Waals surface area (Å²) in [5.41, 5.74) is 3.57. The van der Waals surface area contributed by atoms with Gasteiger partial charge < -0.3 is 9.88 Å². The number of hydrogen-bond acceptors (Lipinski definition) is 2. The molecule has 0 aliphatic carbocycles. The van der Waals surface area contributed by atoms with Gasteiger partial charge in [-0.3, -0.25) is 9.69 Å². The molecule has 1 N–H and O–H groups in total. The SMILES string of the molecule is CC(CNC(=O)c1cccn1C)N1CCc2ccccc2C1. The second kappa shape index (κ2) is 6.36. The summed E-state index contributed by atoms with van der Waals surface area (Å²) in [4.78, 5) is 14.6. The molecule has 1 atom stereocenters. The van der Waals surface area contributed by atoms with Gasteiger partial charge in [-0.25, -0.2) is 0 Å². The first kappa shape index (κ1) is 14.9. The van der Waals surface area contributed by atoms with Gasteiger partial charge in [0.1, 0.15) is 5.69 Å². The Morgan fingerprint density at radius 3 is 2.73 bits per heavy atom. The van der Waals surface area contributed by atoms with Gasteiger partial charge in [-0.15, -0.1) is 0 Å². The van der Waals surface area contributed by atoms with E-state index in [4.69, 9.17) is 0 Å². The van der Waals surface area contributed by atoms with Crippen molar-refractivity contribution in [2.24, 2.45) is 7.05 Å². The lowest BCUT2D eigenvalue weighted by Gasteiger charge is -2.33. The quantitative estimate of drug-likeness (QED) is 0.939. The number of aryl methyl sites for hydroxylation is 1. The first-order chi connectivity index (χ1) is 10.6. The molecule has 0 radical (unpaired) electrons. The molecule has 0 saturated heterocycles. The maximum atomic E-state index is 12.2. The van der Waals surface area contributed by atoms with E-state index >= 15 is 0 Å². The summed E-state index contributed by atoms with van der Waals surface area (Å²) >= 11 is 0. The topological polar surface area (TPSA) is 37.3 Å². The van der Waals surface area contributed by atoms with Crippen molar-refractivity contribution in [2.45, 2.75) is 25.9 Å². The van der Waals surface area contributed by atoms with Gasteiger partial charge in [0.05, 0.1) is 0 Å². The highest BCUT2D eigenvalue weighted by Gasteiger charge is 2.21. The van der Waals surface area contributed by atoms with E-state index in [1.165, 1.54) is 11.1 Å². The van der Waals surface area contributed by atoms with Crippen LogP contribution in [0, 0.1) is 0 Å². The summed E-state index contributed by atoms with van der Waals surface area (Å²) in [7, 11) is 1.89. The number of amides is 1. The molecule has 2 aromatic rings. The Bertz CT molecular complexity index is 662. The van der Waals surface area contributed by atoms with Gasteiger partial charge in [-0.05, 0) is 36.6 Å².